The predicted octanol–water partition coefficient (Wildman–Crippen LogP) is 1.03. The summed E-state index contributed by atoms with van der Waals surface area (Å²) in [5, 5.41) is 0.798. The van der Waals surface area contributed by atoms with E-state index in [-0.39, 0.29) is 12.0 Å². The van der Waals surface area contributed by atoms with Crippen LogP contribution in [-0.4, -0.2) is 22.5 Å². The average molecular weight is 232 g/mol. The van der Waals surface area contributed by atoms with E-state index in [1.165, 1.54) is 0 Å². The minimum absolute atomic E-state index is 0.0198. The molecule has 2 heterocycles. The SMILES string of the molecule is CCOC(=O)Cc1cc2cccnc2[nH]c1=O. The van der Waals surface area contributed by atoms with Gasteiger partial charge in [0.2, 0.25) is 0 Å². The van der Waals surface area contributed by atoms with Gasteiger partial charge in [-0.05, 0) is 25.1 Å². The summed E-state index contributed by atoms with van der Waals surface area (Å²) in [5.74, 6) is -0.402. The molecule has 0 unspecified atom stereocenters. The number of carbonyl (C=O) groups is 1. The molecule has 1 N–H and O–H groups in total. The fourth-order valence-electron chi connectivity index (χ4n) is 1.58. The summed E-state index contributed by atoms with van der Waals surface area (Å²) < 4.78 is 4.81. The van der Waals surface area contributed by atoms with E-state index in [9.17, 15) is 9.59 Å². The van der Waals surface area contributed by atoms with E-state index in [0.29, 0.717) is 17.8 Å². The molecular formula is C12H12N2O3. The standard InChI is InChI=1S/C12H12N2O3/c1-2-17-10(15)7-9-6-8-4-3-5-13-11(8)14-12(9)16/h3-6H,2,7H2,1H3,(H,13,14,16). The first-order valence-electron chi connectivity index (χ1n) is 5.33. The molecule has 0 aliphatic carbocycles. The number of esters is 1. The molecular weight excluding hydrogens is 220 g/mol. The van der Waals surface area contributed by atoms with Gasteiger partial charge in [0.1, 0.15) is 5.65 Å². The van der Waals surface area contributed by atoms with E-state index in [2.05, 4.69) is 9.97 Å². The summed E-state index contributed by atoms with van der Waals surface area (Å²) in [4.78, 5) is 29.6. The summed E-state index contributed by atoms with van der Waals surface area (Å²) in [6, 6.07) is 5.26. The second-order valence-electron chi connectivity index (χ2n) is 3.55. The van der Waals surface area contributed by atoms with E-state index in [4.69, 9.17) is 4.74 Å². The quantitative estimate of drug-likeness (QED) is 0.802. The summed E-state index contributed by atoms with van der Waals surface area (Å²) >= 11 is 0. The number of pyridine rings is 2. The van der Waals surface area contributed by atoms with Gasteiger partial charge in [-0.25, -0.2) is 4.98 Å². The molecule has 2 aromatic rings. The molecule has 5 nitrogen and oxygen atoms in total. The minimum Gasteiger partial charge on any atom is -0.466 e. The van der Waals surface area contributed by atoms with Crippen molar-refractivity contribution >= 4 is 17.0 Å². The predicted molar refractivity (Wildman–Crippen MR) is 62.7 cm³/mol. The molecule has 0 aliphatic heterocycles. The van der Waals surface area contributed by atoms with Crippen molar-refractivity contribution in [2.75, 3.05) is 6.61 Å². The van der Waals surface area contributed by atoms with Gasteiger partial charge in [-0.3, -0.25) is 9.59 Å². The molecule has 0 saturated heterocycles. The number of rotatable bonds is 3. The van der Waals surface area contributed by atoms with Crippen LogP contribution in [0.1, 0.15) is 12.5 Å². The first-order chi connectivity index (χ1) is 8.20. The molecule has 2 rings (SSSR count). The monoisotopic (exact) mass is 232 g/mol. The van der Waals surface area contributed by atoms with Crippen molar-refractivity contribution in [2.45, 2.75) is 13.3 Å². The van der Waals surface area contributed by atoms with Gasteiger partial charge in [-0.1, -0.05) is 0 Å². The van der Waals surface area contributed by atoms with Gasteiger partial charge in [0.15, 0.2) is 0 Å². The molecule has 0 amide bonds. The van der Waals surface area contributed by atoms with Crippen molar-refractivity contribution in [3.8, 4) is 0 Å². The second kappa shape index (κ2) is 4.78. The number of ether oxygens (including phenoxy) is 1. The average Bonchev–Trinajstić information content (AvgIpc) is 2.30. The molecule has 5 heteroatoms. The third-order valence-electron chi connectivity index (χ3n) is 2.33. The zero-order valence-electron chi connectivity index (χ0n) is 9.40. The lowest BCUT2D eigenvalue weighted by Crippen LogP contribution is -2.18. The molecule has 0 radical (unpaired) electrons. The molecule has 0 spiro atoms. The van der Waals surface area contributed by atoms with Crippen LogP contribution in [0.15, 0.2) is 29.2 Å². The van der Waals surface area contributed by atoms with Crippen LogP contribution in [0.4, 0.5) is 0 Å². The normalized spacial score (nSPS) is 10.4. The maximum Gasteiger partial charge on any atom is 0.310 e. The largest absolute Gasteiger partial charge is 0.466 e. The van der Waals surface area contributed by atoms with Crippen LogP contribution in [0.2, 0.25) is 0 Å². The Morgan fingerprint density at radius 1 is 1.53 bits per heavy atom. The van der Waals surface area contributed by atoms with Crippen LogP contribution in [0.5, 0.6) is 0 Å². The Balaban J connectivity index is 2.37. The van der Waals surface area contributed by atoms with Crippen molar-refractivity contribution in [2.24, 2.45) is 0 Å². The van der Waals surface area contributed by atoms with Crippen molar-refractivity contribution in [1.82, 2.24) is 9.97 Å². The molecule has 17 heavy (non-hydrogen) atoms. The first-order valence-corrected chi connectivity index (χ1v) is 5.33. The smallest absolute Gasteiger partial charge is 0.310 e. The van der Waals surface area contributed by atoms with Crippen molar-refractivity contribution in [1.29, 1.82) is 0 Å². The number of nitrogens with one attached hydrogen (secondary N) is 1. The Kier molecular flexibility index (Phi) is 3.18. The maximum atomic E-state index is 11.7. The number of fused-ring (bicyclic) bond motifs is 1. The molecule has 2 aromatic heterocycles. The summed E-state index contributed by atoms with van der Waals surface area (Å²) in [6.07, 6.45) is 1.58. The Labute approximate surface area is 97.4 Å². The lowest BCUT2D eigenvalue weighted by Gasteiger charge is -2.02. The molecule has 0 fully saturated rings. The van der Waals surface area contributed by atoms with Crippen LogP contribution in [-0.2, 0) is 16.0 Å². The molecule has 0 aromatic carbocycles. The number of nitrogens with zero attached hydrogens (tertiary/aromatic N) is 1. The Bertz CT molecular complexity index is 604. The number of hydrogen-bond donors (Lipinski definition) is 1. The van der Waals surface area contributed by atoms with Crippen molar-refractivity contribution < 1.29 is 9.53 Å². The lowest BCUT2D eigenvalue weighted by molar-refractivity contribution is -0.142. The molecule has 0 aliphatic rings. The highest BCUT2D eigenvalue weighted by atomic mass is 16.5. The van der Waals surface area contributed by atoms with E-state index >= 15 is 0 Å². The van der Waals surface area contributed by atoms with Gasteiger partial charge >= 0.3 is 5.97 Å². The minimum atomic E-state index is -0.402. The third-order valence-corrected chi connectivity index (χ3v) is 2.33. The van der Waals surface area contributed by atoms with Crippen LogP contribution in [0.25, 0.3) is 11.0 Å². The van der Waals surface area contributed by atoms with Crippen LogP contribution in [0.3, 0.4) is 0 Å². The van der Waals surface area contributed by atoms with Gasteiger partial charge < -0.3 is 9.72 Å². The van der Waals surface area contributed by atoms with Crippen molar-refractivity contribution in [3.63, 3.8) is 0 Å². The fourth-order valence-corrected chi connectivity index (χ4v) is 1.58. The Hall–Kier alpha value is -2.17. The van der Waals surface area contributed by atoms with E-state index in [1.807, 2.05) is 6.07 Å². The van der Waals surface area contributed by atoms with E-state index in [0.717, 1.165) is 5.39 Å². The topological polar surface area (TPSA) is 72.0 Å². The Morgan fingerprint density at radius 2 is 2.35 bits per heavy atom. The lowest BCUT2D eigenvalue weighted by atomic mass is 10.1. The molecule has 0 bridgehead atoms. The third kappa shape index (κ3) is 2.50. The maximum absolute atomic E-state index is 11.7. The summed E-state index contributed by atoms with van der Waals surface area (Å²) in [7, 11) is 0. The van der Waals surface area contributed by atoms with Gasteiger partial charge in [0.05, 0.1) is 13.0 Å². The highest BCUT2D eigenvalue weighted by Crippen LogP contribution is 2.08. The van der Waals surface area contributed by atoms with Crippen molar-refractivity contribution in [3.05, 3.63) is 40.3 Å². The van der Waals surface area contributed by atoms with Gasteiger partial charge in [-0.2, -0.15) is 0 Å². The van der Waals surface area contributed by atoms with Gasteiger partial charge in [0.25, 0.3) is 5.56 Å². The zero-order valence-corrected chi connectivity index (χ0v) is 9.40. The number of aromatic amines is 1. The molecule has 88 valence electrons. The summed E-state index contributed by atoms with van der Waals surface area (Å²) in [5.41, 5.74) is 0.610. The zero-order chi connectivity index (χ0) is 12.3. The van der Waals surface area contributed by atoms with Gasteiger partial charge in [0, 0.05) is 17.1 Å². The highest BCUT2D eigenvalue weighted by Gasteiger charge is 2.09. The van der Waals surface area contributed by atoms with E-state index < -0.39 is 5.97 Å². The van der Waals surface area contributed by atoms with Crippen LogP contribution < -0.4 is 5.56 Å². The summed E-state index contributed by atoms with van der Waals surface area (Å²) in [6.45, 7) is 2.04. The molecule has 0 saturated carbocycles. The molecule has 0 atom stereocenters. The fraction of sp³-hybridized carbons (Fsp3) is 0.250. The van der Waals surface area contributed by atoms with Crippen LogP contribution in [0, 0.1) is 0 Å². The number of H-pyrrole nitrogens is 1. The number of carbonyl (C=O) groups excluding carboxylic acids is 1. The van der Waals surface area contributed by atoms with Gasteiger partial charge in [-0.15, -0.1) is 0 Å². The Morgan fingerprint density at radius 3 is 3.12 bits per heavy atom. The van der Waals surface area contributed by atoms with Crippen LogP contribution >= 0.6 is 0 Å². The second-order valence-corrected chi connectivity index (χ2v) is 3.55. The number of aromatic nitrogens is 2. The number of hydrogen-bond acceptors (Lipinski definition) is 4. The first kappa shape index (κ1) is 11.3. The van der Waals surface area contributed by atoms with E-state index in [1.54, 1.807) is 25.3 Å². The highest BCUT2D eigenvalue weighted by molar-refractivity contribution is 5.78.